The monoisotopic (exact) mass is 405 g/mol. The quantitative estimate of drug-likeness (QED) is 0.585. The zero-order chi connectivity index (χ0) is 20.4. The summed E-state index contributed by atoms with van der Waals surface area (Å²) >= 11 is 5.19. The van der Waals surface area contributed by atoms with Crippen LogP contribution in [0.4, 0.5) is 14.5 Å². The molecule has 2 aromatic rings. The predicted molar refractivity (Wildman–Crippen MR) is 104 cm³/mol. The highest BCUT2D eigenvalue weighted by Crippen LogP contribution is 2.33. The minimum Gasteiger partial charge on any atom is -0.504 e. The standard InChI is InChI=1S/C19H17F2N3O3S/c1-9-16(18(26)23-11-4-5-12(20)13(21)8-11)17(24-19(28)22-9)10-3-6-14(25)15(7-10)27-2/h3-8,17,25H,1-2H3,(H,23,26)(H2,22,24,28)/t17-/m1/s1. The molecule has 1 heterocycles. The van der Waals surface area contributed by atoms with Gasteiger partial charge in [0.25, 0.3) is 5.91 Å². The van der Waals surface area contributed by atoms with Crippen molar-refractivity contribution in [2.45, 2.75) is 13.0 Å². The molecule has 4 N–H and O–H groups in total. The second kappa shape index (κ2) is 7.81. The molecule has 0 bridgehead atoms. The highest BCUT2D eigenvalue weighted by Gasteiger charge is 2.30. The number of methoxy groups -OCH3 is 1. The first kappa shape index (κ1) is 19.6. The molecule has 1 amide bonds. The van der Waals surface area contributed by atoms with Crippen LogP contribution in [0.5, 0.6) is 11.5 Å². The molecule has 0 saturated carbocycles. The number of rotatable bonds is 4. The molecule has 146 valence electrons. The van der Waals surface area contributed by atoms with Crippen molar-refractivity contribution in [1.82, 2.24) is 10.6 Å². The number of phenolic OH excluding ortho intramolecular Hbond substituents is 1. The molecule has 1 aliphatic rings. The topological polar surface area (TPSA) is 82.6 Å². The number of ether oxygens (including phenoxy) is 1. The Morgan fingerprint density at radius 1 is 1.21 bits per heavy atom. The van der Waals surface area contributed by atoms with Crippen LogP contribution in [-0.2, 0) is 4.79 Å². The van der Waals surface area contributed by atoms with Crippen LogP contribution in [0.2, 0.25) is 0 Å². The Morgan fingerprint density at radius 3 is 2.64 bits per heavy atom. The molecule has 0 unspecified atom stereocenters. The van der Waals surface area contributed by atoms with E-state index >= 15 is 0 Å². The number of amides is 1. The van der Waals surface area contributed by atoms with Gasteiger partial charge in [-0.05, 0) is 49.0 Å². The summed E-state index contributed by atoms with van der Waals surface area (Å²) in [7, 11) is 1.41. The molecule has 0 aromatic heterocycles. The number of hydrogen-bond acceptors (Lipinski definition) is 4. The number of halogens is 2. The lowest BCUT2D eigenvalue weighted by molar-refractivity contribution is -0.113. The highest BCUT2D eigenvalue weighted by molar-refractivity contribution is 7.80. The number of phenols is 1. The largest absolute Gasteiger partial charge is 0.504 e. The van der Waals surface area contributed by atoms with Crippen molar-refractivity contribution in [3.63, 3.8) is 0 Å². The van der Waals surface area contributed by atoms with Gasteiger partial charge >= 0.3 is 0 Å². The summed E-state index contributed by atoms with van der Waals surface area (Å²) in [6.07, 6.45) is 0. The van der Waals surface area contributed by atoms with Gasteiger partial charge in [0.05, 0.1) is 18.7 Å². The van der Waals surface area contributed by atoms with E-state index < -0.39 is 23.6 Å². The summed E-state index contributed by atoms with van der Waals surface area (Å²) in [6, 6.07) is 7.10. The Morgan fingerprint density at radius 2 is 1.96 bits per heavy atom. The van der Waals surface area contributed by atoms with E-state index in [1.54, 1.807) is 19.1 Å². The lowest BCUT2D eigenvalue weighted by atomic mass is 9.94. The third-order valence-corrected chi connectivity index (χ3v) is 4.45. The average Bonchev–Trinajstić information content (AvgIpc) is 2.64. The van der Waals surface area contributed by atoms with E-state index in [1.165, 1.54) is 19.2 Å². The molecule has 0 spiro atoms. The number of thiocarbonyl (C=S) groups is 1. The Hall–Kier alpha value is -3.20. The molecule has 28 heavy (non-hydrogen) atoms. The maximum atomic E-state index is 13.4. The van der Waals surface area contributed by atoms with Gasteiger partial charge in [-0.1, -0.05) is 6.07 Å². The molecule has 1 aliphatic heterocycles. The Kier molecular flexibility index (Phi) is 5.46. The van der Waals surface area contributed by atoms with Gasteiger partial charge in [-0.15, -0.1) is 0 Å². The van der Waals surface area contributed by atoms with Gasteiger partial charge < -0.3 is 25.8 Å². The molecule has 2 aromatic carbocycles. The van der Waals surface area contributed by atoms with Crippen LogP contribution in [0, 0.1) is 11.6 Å². The number of hydrogen-bond donors (Lipinski definition) is 4. The highest BCUT2D eigenvalue weighted by atomic mass is 32.1. The predicted octanol–water partition coefficient (Wildman–Crippen LogP) is 3.11. The summed E-state index contributed by atoms with van der Waals surface area (Å²) in [5, 5.41) is 18.6. The van der Waals surface area contributed by atoms with Crippen molar-refractivity contribution in [3.8, 4) is 11.5 Å². The number of carbonyl (C=O) groups is 1. The van der Waals surface area contributed by atoms with Gasteiger partial charge in [0, 0.05) is 17.5 Å². The third-order valence-electron chi connectivity index (χ3n) is 4.23. The first-order valence-corrected chi connectivity index (χ1v) is 8.62. The Bertz CT molecular complexity index is 994. The van der Waals surface area contributed by atoms with E-state index in [1.807, 2.05) is 0 Å². The lowest BCUT2D eigenvalue weighted by Crippen LogP contribution is -2.45. The molecule has 0 saturated heterocycles. The van der Waals surface area contributed by atoms with Crippen LogP contribution >= 0.6 is 12.2 Å². The molecule has 1 atom stereocenters. The number of nitrogens with one attached hydrogen (secondary N) is 3. The first-order chi connectivity index (χ1) is 13.3. The maximum absolute atomic E-state index is 13.4. The van der Waals surface area contributed by atoms with Crippen molar-refractivity contribution in [1.29, 1.82) is 0 Å². The fourth-order valence-electron chi connectivity index (χ4n) is 2.89. The van der Waals surface area contributed by atoms with Crippen molar-refractivity contribution in [2.75, 3.05) is 12.4 Å². The number of anilines is 1. The molecule has 9 heteroatoms. The van der Waals surface area contributed by atoms with E-state index in [0.717, 1.165) is 12.1 Å². The van der Waals surface area contributed by atoms with Crippen LogP contribution in [0.1, 0.15) is 18.5 Å². The molecular formula is C19H17F2N3O3S. The van der Waals surface area contributed by atoms with Crippen molar-refractivity contribution in [2.24, 2.45) is 0 Å². The average molecular weight is 405 g/mol. The number of carbonyl (C=O) groups excluding carboxylic acids is 1. The number of benzene rings is 2. The van der Waals surface area contributed by atoms with Gasteiger partial charge in [-0.2, -0.15) is 0 Å². The van der Waals surface area contributed by atoms with Crippen molar-refractivity contribution in [3.05, 3.63) is 64.9 Å². The summed E-state index contributed by atoms with van der Waals surface area (Å²) in [4.78, 5) is 12.9. The van der Waals surface area contributed by atoms with Crippen LogP contribution < -0.4 is 20.7 Å². The van der Waals surface area contributed by atoms with Gasteiger partial charge in [0.2, 0.25) is 0 Å². The van der Waals surface area contributed by atoms with E-state index in [2.05, 4.69) is 16.0 Å². The SMILES string of the molecule is COc1cc([C@H]2NC(=S)NC(C)=C2C(=O)Nc2ccc(F)c(F)c2)ccc1O. The minimum absolute atomic E-state index is 0.0451. The molecular weight excluding hydrogens is 388 g/mol. The van der Waals surface area contributed by atoms with E-state index in [0.29, 0.717) is 21.9 Å². The van der Waals surface area contributed by atoms with Gasteiger partial charge in [0.15, 0.2) is 28.2 Å². The van der Waals surface area contributed by atoms with Crippen LogP contribution in [-0.4, -0.2) is 23.2 Å². The van der Waals surface area contributed by atoms with E-state index in [-0.39, 0.29) is 17.2 Å². The fourth-order valence-corrected chi connectivity index (χ4v) is 3.16. The van der Waals surface area contributed by atoms with Crippen molar-refractivity contribution >= 4 is 28.9 Å². The van der Waals surface area contributed by atoms with Crippen LogP contribution in [0.15, 0.2) is 47.7 Å². The molecule has 0 fully saturated rings. The van der Waals surface area contributed by atoms with Gasteiger partial charge in [-0.3, -0.25) is 4.79 Å². The Balaban J connectivity index is 1.97. The first-order valence-electron chi connectivity index (χ1n) is 8.21. The summed E-state index contributed by atoms with van der Waals surface area (Å²) in [6.45, 7) is 1.68. The normalized spacial score (nSPS) is 16.3. The maximum Gasteiger partial charge on any atom is 0.255 e. The van der Waals surface area contributed by atoms with Crippen LogP contribution in [0.3, 0.4) is 0 Å². The van der Waals surface area contributed by atoms with E-state index in [9.17, 15) is 18.7 Å². The summed E-state index contributed by atoms with van der Waals surface area (Å²) < 4.78 is 31.7. The fraction of sp³-hybridized carbons (Fsp3) is 0.158. The molecule has 0 aliphatic carbocycles. The summed E-state index contributed by atoms with van der Waals surface area (Å²) in [5.41, 5.74) is 1.53. The lowest BCUT2D eigenvalue weighted by Gasteiger charge is -2.30. The van der Waals surface area contributed by atoms with E-state index in [4.69, 9.17) is 17.0 Å². The zero-order valence-corrected chi connectivity index (χ0v) is 15.8. The van der Waals surface area contributed by atoms with Gasteiger partial charge in [-0.25, -0.2) is 8.78 Å². The number of allylic oxidation sites excluding steroid dienone is 1. The minimum atomic E-state index is -1.07. The van der Waals surface area contributed by atoms with Crippen LogP contribution in [0.25, 0.3) is 0 Å². The summed E-state index contributed by atoms with van der Waals surface area (Å²) in [5.74, 6) is -2.40. The molecule has 0 radical (unpaired) electrons. The molecule has 3 rings (SSSR count). The molecule has 6 nitrogen and oxygen atoms in total. The smallest absolute Gasteiger partial charge is 0.255 e. The van der Waals surface area contributed by atoms with Crippen molar-refractivity contribution < 1.29 is 23.4 Å². The zero-order valence-electron chi connectivity index (χ0n) is 15.0. The third kappa shape index (κ3) is 3.89. The van der Waals surface area contributed by atoms with Gasteiger partial charge in [0.1, 0.15) is 0 Å². The second-order valence-electron chi connectivity index (χ2n) is 6.08. The number of aromatic hydroxyl groups is 1. The second-order valence-corrected chi connectivity index (χ2v) is 6.49. The Labute approximate surface area is 165 Å².